The van der Waals surface area contributed by atoms with E-state index in [9.17, 15) is 4.79 Å². The number of carbonyl (C=O) groups is 1. The molecule has 0 aliphatic carbocycles. The van der Waals surface area contributed by atoms with E-state index in [-0.39, 0.29) is 17.4 Å². The number of nitrogens with zero attached hydrogens (tertiary/aromatic N) is 2. The Labute approximate surface area is 140 Å². The zero-order chi connectivity index (χ0) is 17.5. The van der Waals surface area contributed by atoms with Crippen LogP contribution in [-0.2, 0) is 6.42 Å². The fraction of sp³-hybridized carbons (Fsp3) is 0.778. The lowest BCUT2D eigenvalue weighted by Crippen LogP contribution is -2.49. The number of aryl methyl sites for hydroxylation is 1. The van der Waals surface area contributed by atoms with Crippen LogP contribution in [0.2, 0.25) is 0 Å². The molecule has 5 nitrogen and oxygen atoms in total. The lowest BCUT2D eigenvalue weighted by molar-refractivity contribution is 0.0855. The van der Waals surface area contributed by atoms with E-state index in [1.165, 1.54) is 0 Å². The van der Waals surface area contributed by atoms with Gasteiger partial charge in [-0.05, 0) is 38.3 Å². The van der Waals surface area contributed by atoms with Crippen molar-refractivity contribution in [1.29, 1.82) is 0 Å². The predicted octanol–water partition coefficient (Wildman–Crippen LogP) is 3.50. The molecule has 0 spiro atoms. The lowest BCUT2D eigenvalue weighted by atomic mass is 9.84. The summed E-state index contributed by atoms with van der Waals surface area (Å²) in [5.74, 6) is 0.575. The van der Waals surface area contributed by atoms with Gasteiger partial charge in [0.2, 0.25) is 0 Å². The molecule has 0 saturated carbocycles. The van der Waals surface area contributed by atoms with Crippen molar-refractivity contribution in [1.82, 2.24) is 15.4 Å². The molecule has 0 aromatic carbocycles. The van der Waals surface area contributed by atoms with Crippen LogP contribution in [0.15, 0.2) is 10.6 Å². The second-order valence-electron chi connectivity index (χ2n) is 6.99. The molecule has 0 aliphatic rings. The van der Waals surface area contributed by atoms with Crippen molar-refractivity contribution in [3.63, 3.8) is 0 Å². The SMILES string of the molecule is CCCN(CCC)CC(C)(C)C(C)NC(=O)c1cc(CC)on1. The minimum atomic E-state index is -0.161. The molecule has 1 aromatic heterocycles. The Balaban J connectivity index is 2.65. The monoisotopic (exact) mass is 323 g/mol. The van der Waals surface area contributed by atoms with Gasteiger partial charge < -0.3 is 14.7 Å². The van der Waals surface area contributed by atoms with Crippen LogP contribution in [-0.4, -0.2) is 41.6 Å². The number of rotatable bonds is 10. The van der Waals surface area contributed by atoms with E-state index in [0.29, 0.717) is 5.69 Å². The van der Waals surface area contributed by atoms with Crippen molar-refractivity contribution in [2.75, 3.05) is 19.6 Å². The van der Waals surface area contributed by atoms with Gasteiger partial charge in [-0.25, -0.2) is 0 Å². The predicted molar refractivity (Wildman–Crippen MR) is 93.6 cm³/mol. The third kappa shape index (κ3) is 5.98. The summed E-state index contributed by atoms with van der Waals surface area (Å²) in [5, 5.41) is 6.92. The number of hydrogen-bond donors (Lipinski definition) is 1. The summed E-state index contributed by atoms with van der Waals surface area (Å²) in [7, 11) is 0. The molecule has 1 aromatic rings. The van der Waals surface area contributed by atoms with Crippen LogP contribution < -0.4 is 5.32 Å². The highest BCUT2D eigenvalue weighted by Crippen LogP contribution is 2.23. The number of hydrogen-bond acceptors (Lipinski definition) is 4. The molecule has 23 heavy (non-hydrogen) atoms. The van der Waals surface area contributed by atoms with Crippen LogP contribution in [0.3, 0.4) is 0 Å². The summed E-state index contributed by atoms with van der Waals surface area (Å²) in [4.78, 5) is 14.8. The van der Waals surface area contributed by atoms with Crippen LogP contribution in [0, 0.1) is 5.41 Å². The molecule has 1 amide bonds. The lowest BCUT2D eigenvalue weighted by Gasteiger charge is -2.37. The van der Waals surface area contributed by atoms with E-state index in [0.717, 1.165) is 44.7 Å². The summed E-state index contributed by atoms with van der Waals surface area (Å²) in [6.07, 6.45) is 3.04. The summed E-state index contributed by atoms with van der Waals surface area (Å²) in [6.45, 7) is 16.0. The van der Waals surface area contributed by atoms with Gasteiger partial charge in [-0.2, -0.15) is 0 Å². The first kappa shape index (κ1) is 19.7. The Hall–Kier alpha value is -1.36. The van der Waals surface area contributed by atoms with Crippen molar-refractivity contribution >= 4 is 5.91 Å². The van der Waals surface area contributed by atoms with E-state index in [1.807, 2.05) is 6.92 Å². The smallest absolute Gasteiger partial charge is 0.273 e. The van der Waals surface area contributed by atoms with Crippen molar-refractivity contribution in [3.05, 3.63) is 17.5 Å². The van der Waals surface area contributed by atoms with Crippen LogP contribution in [0.25, 0.3) is 0 Å². The Morgan fingerprint density at radius 2 is 1.91 bits per heavy atom. The molecule has 0 saturated heterocycles. The Morgan fingerprint density at radius 3 is 2.39 bits per heavy atom. The van der Waals surface area contributed by atoms with E-state index < -0.39 is 0 Å². The van der Waals surface area contributed by atoms with Gasteiger partial charge in [0.05, 0.1) is 0 Å². The van der Waals surface area contributed by atoms with Crippen LogP contribution in [0.4, 0.5) is 0 Å². The van der Waals surface area contributed by atoms with Gasteiger partial charge in [0, 0.05) is 25.1 Å². The second kappa shape index (κ2) is 9.06. The maximum atomic E-state index is 12.3. The molecular formula is C18H33N3O2. The molecule has 132 valence electrons. The zero-order valence-corrected chi connectivity index (χ0v) is 15.6. The molecule has 0 fully saturated rings. The average Bonchev–Trinajstić information content (AvgIpc) is 2.96. The first-order valence-corrected chi connectivity index (χ1v) is 8.82. The van der Waals surface area contributed by atoms with Gasteiger partial charge in [-0.15, -0.1) is 0 Å². The van der Waals surface area contributed by atoms with Crippen molar-refractivity contribution in [2.45, 2.75) is 66.8 Å². The van der Waals surface area contributed by atoms with Crippen molar-refractivity contribution in [2.24, 2.45) is 5.41 Å². The van der Waals surface area contributed by atoms with Gasteiger partial charge in [-0.3, -0.25) is 4.79 Å². The van der Waals surface area contributed by atoms with E-state index in [4.69, 9.17) is 4.52 Å². The third-order valence-corrected chi connectivity index (χ3v) is 4.37. The number of nitrogens with one attached hydrogen (secondary N) is 1. The van der Waals surface area contributed by atoms with Crippen molar-refractivity contribution < 1.29 is 9.32 Å². The van der Waals surface area contributed by atoms with E-state index in [2.05, 4.69) is 50.0 Å². The normalized spacial score (nSPS) is 13.3. The van der Waals surface area contributed by atoms with Gasteiger partial charge in [0.25, 0.3) is 5.91 Å². The summed E-state index contributed by atoms with van der Waals surface area (Å²) in [5.41, 5.74) is 0.348. The summed E-state index contributed by atoms with van der Waals surface area (Å²) in [6, 6.07) is 1.77. The highest BCUT2D eigenvalue weighted by atomic mass is 16.5. The molecular weight excluding hydrogens is 290 g/mol. The standard InChI is InChI=1S/C18H33N3O2/c1-7-10-21(11-8-2)13-18(5,6)14(4)19-17(22)16-12-15(9-3)23-20-16/h12,14H,7-11,13H2,1-6H3,(H,19,22). The molecule has 1 unspecified atom stereocenters. The number of aromatic nitrogens is 1. The van der Waals surface area contributed by atoms with Crippen LogP contribution >= 0.6 is 0 Å². The highest BCUT2D eigenvalue weighted by molar-refractivity contribution is 5.92. The highest BCUT2D eigenvalue weighted by Gasteiger charge is 2.30. The Kier molecular flexibility index (Phi) is 7.76. The number of amides is 1. The molecule has 0 bridgehead atoms. The molecule has 1 heterocycles. The zero-order valence-electron chi connectivity index (χ0n) is 15.6. The Bertz CT molecular complexity index is 476. The fourth-order valence-corrected chi connectivity index (χ4v) is 2.67. The quantitative estimate of drug-likeness (QED) is 0.716. The molecule has 0 radical (unpaired) electrons. The van der Waals surface area contributed by atoms with E-state index in [1.54, 1.807) is 6.07 Å². The van der Waals surface area contributed by atoms with Gasteiger partial charge >= 0.3 is 0 Å². The van der Waals surface area contributed by atoms with Gasteiger partial charge in [0.15, 0.2) is 5.69 Å². The van der Waals surface area contributed by atoms with Crippen molar-refractivity contribution in [3.8, 4) is 0 Å². The van der Waals surface area contributed by atoms with Crippen LogP contribution in [0.1, 0.15) is 70.6 Å². The second-order valence-corrected chi connectivity index (χ2v) is 6.99. The largest absolute Gasteiger partial charge is 0.361 e. The molecule has 1 N–H and O–H groups in total. The minimum absolute atomic E-state index is 0.0165. The molecule has 0 aliphatic heterocycles. The fourth-order valence-electron chi connectivity index (χ4n) is 2.67. The summed E-state index contributed by atoms with van der Waals surface area (Å²) >= 11 is 0. The molecule has 1 atom stereocenters. The Morgan fingerprint density at radius 1 is 1.30 bits per heavy atom. The number of carbonyl (C=O) groups excluding carboxylic acids is 1. The third-order valence-electron chi connectivity index (χ3n) is 4.37. The topological polar surface area (TPSA) is 58.4 Å². The first-order valence-electron chi connectivity index (χ1n) is 8.82. The van der Waals surface area contributed by atoms with Crippen LogP contribution in [0.5, 0.6) is 0 Å². The van der Waals surface area contributed by atoms with E-state index >= 15 is 0 Å². The van der Waals surface area contributed by atoms with Gasteiger partial charge in [0.1, 0.15) is 5.76 Å². The molecule has 1 rings (SSSR count). The minimum Gasteiger partial charge on any atom is -0.361 e. The summed E-state index contributed by atoms with van der Waals surface area (Å²) < 4.78 is 5.11. The average molecular weight is 323 g/mol. The maximum absolute atomic E-state index is 12.3. The first-order chi connectivity index (χ1) is 10.8. The maximum Gasteiger partial charge on any atom is 0.273 e. The molecule has 5 heteroatoms. The van der Waals surface area contributed by atoms with Gasteiger partial charge in [-0.1, -0.05) is 39.8 Å².